The normalized spacial score (nSPS) is 34.0. The van der Waals surface area contributed by atoms with E-state index in [1.54, 1.807) is 0 Å². The molecule has 0 aromatic heterocycles. The molecule has 5 atom stereocenters. The van der Waals surface area contributed by atoms with Crippen molar-refractivity contribution >= 4 is 5.91 Å². The van der Waals surface area contributed by atoms with Crippen LogP contribution < -0.4 is 5.32 Å². The molecule has 1 aliphatic rings. The fourth-order valence-corrected chi connectivity index (χ4v) is 2.30. The molecule has 1 rings (SSSR count). The van der Waals surface area contributed by atoms with E-state index in [4.69, 9.17) is 14.6 Å². The van der Waals surface area contributed by atoms with Gasteiger partial charge < -0.3 is 30.1 Å². The molecule has 7 nitrogen and oxygen atoms in total. The van der Waals surface area contributed by atoms with Crippen LogP contribution in [-0.4, -0.2) is 71.5 Å². The Morgan fingerprint density at radius 2 is 1.95 bits per heavy atom. The molecular weight excluding hydrogens is 266 g/mol. The standard InChI is InChI=1S/C13H25NO6/c1-3-5-19-6-4-9-11(14-8(2)16)13(18)12(17)10(7-15)20-9/h9-13,15,17-18H,3-7H2,1-2H3,(H,14,16)/t9-,10?,11+,12?,13-/m1/s1. The summed E-state index contributed by atoms with van der Waals surface area (Å²) in [6.45, 7) is 4.00. The van der Waals surface area contributed by atoms with E-state index < -0.39 is 37.1 Å². The summed E-state index contributed by atoms with van der Waals surface area (Å²) >= 11 is 0. The smallest absolute Gasteiger partial charge is 0.217 e. The van der Waals surface area contributed by atoms with Crippen molar-refractivity contribution < 1.29 is 29.6 Å². The molecule has 7 heteroatoms. The molecule has 1 heterocycles. The molecule has 1 amide bonds. The highest BCUT2D eigenvalue weighted by molar-refractivity contribution is 5.73. The summed E-state index contributed by atoms with van der Waals surface area (Å²) in [4.78, 5) is 11.2. The molecule has 1 saturated heterocycles. The van der Waals surface area contributed by atoms with Crippen LogP contribution in [0.15, 0.2) is 0 Å². The molecular formula is C13H25NO6. The highest BCUT2D eigenvalue weighted by Gasteiger charge is 2.44. The maximum absolute atomic E-state index is 11.2. The third-order valence-corrected chi connectivity index (χ3v) is 3.29. The lowest BCUT2D eigenvalue weighted by atomic mass is 9.91. The average Bonchev–Trinajstić information content (AvgIpc) is 2.41. The first-order valence-corrected chi connectivity index (χ1v) is 6.98. The molecule has 2 unspecified atom stereocenters. The van der Waals surface area contributed by atoms with Crippen molar-refractivity contribution in [2.75, 3.05) is 19.8 Å². The summed E-state index contributed by atoms with van der Waals surface area (Å²) in [6.07, 6.45) is -2.41. The van der Waals surface area contributed by atoms with Crippen molar-refractivity contribution in [1.82, 2.24) is 5.32 Å². The van der Waals surface area contributed by atoms with Crippen molar-refractivity contribution in [2.45, 2.75) is 57.1 Å². The van der Waals surface area contributed by atoms with Gasteiger partial charge in [0, 0.05) is 20.1 Å². The van der Waals surface area contributed by atoms with Crippen LogP contribution in [0, 0.1) is 0 Å². The summed E-state index contributed by atoms with van der Waals surface area (Å²) < 4.78 is 10.9. The fourth-order valence-electron chi connectivity index (χ4n) is 2.30. The van der Waals surface area contributed by atoms with E-state index in [1.165, 1.54) is 6.92 Å². The van der Waals surface area contributed by atoms with Gasteiger partial charge in [-0.15, -0.1) is 0 Å². The van der Waals surface area contributed by atoms with Crippen LogP contribution in [0.4, 0.5) is 0 Å². The molecule has 0 saturated carbocycles. The molecule has 20 heavy (non-hydrogen) atoms. The topological polar surface area (TPSA) is 108 Å². The summed E-state index contributed by atoms with van der Waals surface area (Å²) in [6, 6.07) is -0.712. The molecule has 1 aliphatic heterocycles. The van der Waals surface area contributed by atoms with Crippen LogP contribution >= 0.6 is 0 Å². The number of aliphatic hydroxyl groups is 3. The van der Waals surface area contributed by atoms with Gasteiger partial charge in [-0.3, -0.25) is 4.79 Å². The Morgan fingerprint density at radius 3 is 2.50 bits per heavy atom. The molecule has 1 fully saturated rings. The number of hydrogen-bond acceptors (Lipinski definition) is 6. The van der Waals surface area contributed by atoms with Crippen LogP contribution in [0.1, 0.15) is 26.7 Å². The molecule has 4 N–H and O–H groups in total. The van der Waals surface area contributed by atoms with Crippen LogP contribution in [0.25, 0.3) is 0 Å². The van der Waals surface area contributed by atoms with E-state index in [1.807, 2.05) is 6.92 Å². The Morgan fingerprint density at radius 1 is 1.25 bits per heavy atom. The predicted octanol–water partition coefficient (Wildman–Crippen LogP) is -1.21. The number of aliphatic hydroxyl groups excluding tert-OH is 3. The van der Waals surface area contributed by atoms with Crippen molar-refractivity contribution in [2.24, 2.45) is 0 Å². The number of carbonyl (C=O) groups excluding carboxylic acids is 1. The first-order valence-electron chi connectivity index (χ1n) is 6.98. The van der Waals surface area contributed by atoms with Gasteiger partial charge in [0.2, 0.25) is 5.91 Å². The van der Waals surface area contributed by atoms with E-state index in [9.17, 15) is 15.0 Å². The second-order valence-electron chi connectivity index (χ2n) is 5.00. The Hall–Kier alpha value is -0.730. The summed E-state index contributed by atoms with van der Waals surface area (Å²) in [5.41, 5.74) is 0. The Labute approximate surface area is 118 Å². The van der Waals surface area contributed by atoms with Gasteiger partial charge in [-0.25, -0.2) is 0 Å². The Bertz CT molecular complexity index is 301. The Balaban J connectivity index is 2.65. The zero-order valence-electron chi connectivity index (χ0n) is 12.0. The lowest BCUT2D eigenvalue weighted by Gasteiger charge is -2.42. The van der Waals surface area contributed by atoms with Gasteiger partial charge in [0.15, 0.2) is 0 Å². The lowest BCUT2D eigenvalue weighted by Crippen LogP contribution is -2.64. The molecule has 0 aromatic carbocycles. The van der Waals surface area contributed by atoms with Gasteiger partial charge in [0.05, 0.1) is 18.8 Å². The zero-order chi connectivity index (χ0) is 15.1. The van der Waals surface area contributed by atoms with E-state index >= 15 is 0 Å². The van der Waals surface area contributed by atoms with Crippen LogP contribution in [0.5, 0.6) is 0 Å². The number of nitrogens with one attached hydrogen (secondary N) is 1. The molecule has 0 spiro atoms. The maximum atomic E-state index is 11.2. The van der Waals surface area contributed by atoms with Crippen molar-refractivity contribution in [3.8, 4) is 0 Å². The first-order chi connectivity index (χ1) is 9.51. The molecule has 0 aromatic rings. The largest absolute Gasteiger partial charge is 0.394 e. The molecule has 0 aliphatic carbocycles. The quantitative estimate of drug-likeness (QED) is 0.438. The summed E-state index contributed by atoms with van der Waals surface area (Å²) in [5.74, 6) is -0.313. The highest BCUT2D eigenvalue weighted by atomic mass is 16.5. The van der Waals surface area contributed by atoms with Crippen LogP contribution in [0.2, 0.25) is 0 Å². The van der Waals surface area contributed by atoms with Crippen molar-refractivity contribution in [3.05, 3.63) is 0 Å². The SMILES string of the molecule is CCCOCC[C@H]1OC(CO)C(O)[C@H](O)[C@H]1NC(C)=O. The second kappa shape index (κ2) is 8.53. The van der Waals surface area contributed by atoms with Gasteiger partial charge in [-0.2, -0.15) is 0 Å². The number of ether oxygens (including phenoxy) is 2. The number of amides is 1. The van der Waals surface area contributed by atoms with Crippen molar-refractivity contribution in [1.29, 1.82) is 0 Å². The monoisotopic (exact) mass is 291 g/mol. The maximum Gasteiger partial charge on any atom is 0.217 e. The fraction of sp³-hybridized carbons (Fsp3) is 0.923. The van der Waals surface area contributed by atoms with Crippen molar-refractivity contribution in [3.63, 3.8) is 0 Å². The third-order valence-electron chi connectivity index (χ3n) is 3.29. The first kappa shape index (κ1) is 17.3. The highest BCUT2D eigenvalue weighted by Crippen LogP contribution is 2.23. The molecule has 118 valence electrons. The van der Waals surface area contributed by atoms with Gasteiger partial charge in [-0.05, 0) is 12.8 Å². The van der Waals surface area contributed by atoms with Crippen LogP contribution in [-0.2, 0) is 14.3 Å². The minimum atomic E-state index is -1.23. The van der Waals surface area contributed by atoms with Gasteiger partial charge in [0.25, 0.3) is 0 Å². The number of rotatable bonds is 7. The Kier molecular flexibility index (Phi) is 7.39. The minimum absolute atomic E-state index is 0.313. The minimum Gasteiger partial charge on any atom is -0.394 e. The summed E-state index contributed by atoms with van der Waals surface area (Å²) in [5, 5.41) is 31.6. The number of hydrogen-bond donors (Lipinski definition) is 4. The summed E-state index contributed by atoms with van der Waals surface area (Å²) in [7, 11) is 0. The van der Waals surface area contributed by atoms with E-state index in [0.717, 1.165) is 6.42 Å². The molecule has 0 bridgehead atoms. The third kappa shape index (κ3) is 4.68. The predicted molar refractivity (Wildman–Crippen MR) is 71.1 cm³/mol. The number of carbonyl (C=O) groups is 1. The molecule has 0 radical (unpaired) electrons. The zero-order valence-corrected chi connectivity index (χ0v) is 12.0. The average molecular weight is 291 g/mol. The van der Waals surface area contributed by atoms with Gasteiger partial charge in [-0.1, -0.05) is 6.92 Å². The van der Waals surface area contributed by atoms with Gasteiger partial charge in [0.1, 0.15) is 18.3 Å². The van der Waals surface area contributed by atoms with Crippen LogP contribution in [0.3, 0.4) is 0 Å². The van der Waals surface area contributed by atoms with Gasteiger partial charge >= 0.3 is 0 Å². The van der Waals surface area contributed by atoms with E-state index in [0.29, 0.717) is 19.6 Å². The van der Waals surface area contributed by atoms with E-state index in [2.05, 4.69) is 5.32 Å². The van der Waals surface area contributed by atoms with E-state index in [-0.39, 0.29) is 5.91 Å². The lowest BCUT2D eigenvalue weighted by molar-refractivity contribution is -0.198. The second-order valence-corrected chi connectivity index (χ2v) is 5.00.